The molecule has 7 nitrogen and oxygen atoms in total. The Bertz CT molecular complexity index is 677. The van der Waals surface area contributed by atoms with Crippen LogP contribution < -0.4 is 11.4 Å². The molecule has 2 aromatic rings. The summed E-state index contributed by atoms with van der Waals surface area (Å²) in [6.45, 7) is 5.15. The molecule has 2 rings (SSSR count). The van der Waals surface area contributed by atoms with Crippen molar-refractivity contribution in [3.63, 3.8) is 0 Å². The Morgan fingerprint density at radius 3 is 2.40 bits per heavy atom. The highest BCUT2D eigenvalue weighted by Crippen LogP contribution is 2.10. The molecule has 0 saturated heterocycles. The molecular formula is C13H16N4O3. The summed E-state index contributed by atoms with van der Waals surface area (Å²) in [5, 5.41) is 3.76. The molecule has 7 heteroatoms. The highest BCUT2D eigenvalue weighted by molar-refractivity contribution is 5.69. The average Bonchev–Trinajstić information content (AvgIpc) is 2.70. The van der Waals surface area contributed by atoms with Crippen LogP contribution >= 0.6 is 0 Å². The number of rotatable bonds is 1. The third-order valence-corrected chi connectivity index (χ3v) is 2.41. The van der Waals surface area contributed by atoms with Gasteiger partial charge in [0.05, 0.1) is 5.69 Å². The van der Waals surface area contributed by atoms with Gasteiger partial charge in [0.1, 0.15) is 11.9 Å². The van der Waals surface area contributed by atoms with E-state index in [2.05, 4.69) is 5.10 Å². The van der Waals surface area contributed by atoms with E-state index in [-0.39, 0.29) is 0 Å². The van der Waals surface area contributed by atoms with Crippen molar-refractivity contribution in [3.8, 4) is 5.69 Å². The van der Waals surface area contributed by atoms with E-state index in [1.165, 1.54) is 10.9 Å². The molecule has 1 aromatic heterocycles. The van der Waals surface area contributed by atoms with Crippen LogP contribution in [0, 0.1) is 0 Å². The summed E-state index contributed by atoms with van der Waals surface area (Å²) in [7, 11) is 0. The third kappa shape index (κ3) is 2.87. The van der Waals surface area contributed by atoms with E-state index in [1.54, 1.807) is 45.0 Å². The van der Waals surface area contributed by atoms with Crippen LogP contribution in [0.4, 0.5) is 10.5 Å². The first kappa shape index (κ1) is 13.9. The topological polar surface area (TPSA) is 92.1 Å². The van der Waals surface area contributed by atoms with Gasteiger partial charge in [-0.1, -0.05) is 0 Å². The maximum Gasteiger partial charge on any atom is 0.439 e. The molecule has 0 amide bonds. The Labute approximate surface area is 115 Å². The van der Waals surface area contributed by atoms with E-state index in [4.69, 9.17) is 10.5 Å². The van der Waals surface area contributed by atoms with Crippen LogP contribution in [0.5, 0.6) is 0 Å². The van der Waals surface area contributed by atoms with Crippen LogP contribution in [0.3, 0.4) is 0 Å². The minimum absolute atomic E-state index is 0.569. The number of hydrogen-bond donors (Lipinski definition) is 1. The van der Waals surface area contributed by atoms with E-state index in [0.29, 0.717) is 16.1 Å². The summed E-state index contributed by atoms with van der Waals surface area (Å²) < 4.78 is 7.02. The molecule has 0 aliphatic carbocycles. The van der Waals surface area contributed by atoms with Crippen LogP contribution in [0.2, 0.25) is 0 Å². The lowest BCUT2D eigenvalue weighted by molar-refractivity contribution is 0.0507. The van der Waals surface area contributed by atoms with Gasteiger partial charge in [0.2, 0.25) is 0 Å². The van der Waals surface area contributed by atoms with Gasteiger partial charge in [0.15, 0.2) is 0 Å². The fraction of sp³-hybridized carbons (Fsp3) is 0.308. The molecule has 0 saturated carbocycles. The smallest absolute Gasteiger partial charge is 0.439 e. The zero-order valence-corrected chi connectivity index (χ0v) is 11.5. The first-order valence-electron chi connectivity index (χ1n) is 6.04. The SMILES string of the molecule is CC(C)(C)OC(=O)n1ncn(-c2ccc(N)cc2)c1=O. The Balaban J connectivity index is 2.34. The fourth-order valence-electron chi connectivity index (χ4n) is 1.55. The number of carbonyl (C=O) groups excluding carboxylic acids is 1. The summed E-state index contributed by atoms with van der Waals surface area (Å²) in [6, 6.07) is 6.65. The minimum atomic E-state index is -0.809. The Kier molecular flexibility index (Phi) is 3.35. The van der Waals surface area contributed by atoms with Crippen molar-refractivity contribution in [2.75, 3.05) is 5.73 Å². The van der Waals surface area contributed by atoms with Crippen molar-refractivity contribution < 1.29 is 9.53 Å². The minimum Gasteiger partial charge on any atom is -0.442 e. The van der Waals surface area contributed by atoms with Gasteiger partial charge in [-0.15, -0.1) is 9.78 Å². The van der Waals surface area contributed by atoms with Gasteiger partial charge in [0, 0.05) is 5.69 Å². The lowest BCUT2D eigenvalue weighted by Gasteiger charge is -2.18. The van der Waals surface area contributed by atoms with Crippen LogP contribution in [0.25, 0.3) is 5.69 Å². The zero-order chi connectivity index (χ0) is 14.9. The maximum atomic E-state index is 12.1. The number of anilines is 1. The number of nitrogen functional groups attached to an aromatic ring is 1. The second-order valence-corrected chi connectivity index (χ2v) is 5.27. The third-order valence-electron chi connectivity index (χ3n) is 2.41. The van der Waals surface area contributed by atoms with E-state index < -0.39 is 17.4 Å². The molecular weight excluding hydrogens is 260 g/mol. The fourth-order valence-corrected chi connectivity index (χ4v) is 1.55. The average molecular weight is 276 g/mol. The van der Waals surface area contributed by atoms with Gasteiger partial charge in [-0.05, 0) is 45.0 Å². The quantitative estimate of drug-likeness (QED) is 0.795. The number of carbonyl (C=O) groups is 1. The number of aromatic nitrogens is 3. The Morgan fingerprint density at radius 1 is 1.25 bits per heavy atom. The summed E-state index contributed by atoms with van der Waals surface area (Å²) >= 11 is 0. The molecule has 1 heterocycles. The summed E-state index contributed by atoms with van der Waals surface area (Å²) in [6.07, 6.45) is 0.453. The summed E-state index contributed by atoms with van der Waals surface area (Å²) in [5.41, 5.74) is 5.45. The van der Waals surface area contributed by atoms with E-state index in [0.717, 1.165) is 0 Å². The lowest BCUT2D eigenvalue weighted by Crippen LogP contribution is -2.34. The molecule has 20 heavy (non-hydrogen) atoms. The largest absolute Gasteiger partial charge is 0.442 e. The van der Waals surface area contributed by atoms with E-state index in [1.807, 2.05) is 0 Å². The molecule has 2 N–H and O–H groups in total. The van der Waals surface area contributed by atoms with Gasteiger partial charge in [-0.2, -0.15) is 0 Å². The monoisotopic (exact) mass is 276 g/mol. The Morgan fingerprint density at radius 2 is 1.85 bits per heavy atom. The Hall–Kier alpha value is -2.57. The molecule has 0 aliphatic heterocycles. The molecule has 0 fully saturated rings. The van der Waals surface area contributed by atoms with Crippen molar-refractivity contribution in [1.29, 1.82) is 0 Å². The van der Waals surface area contributed by atoms with E-state index >= 15 is 0 Å². The standard InChI is InChI=1S/C13H16N4O3/c1-13(2,3)20-12(19)17-11(18)16(8-15-17)10-6-4-9(14)5-7-10/h4-8H,14H2,1-3H3. The molecule has 1 aromatic carbocycles. The predicted molar refractivity (Wildman–Crippen MR) is 73.9 cm³/mol. The highest BCUT2D eigenvalue weighted by atomic mass is 16.6. The van der Waals surface area contributed by atoms with Crippen LogP contribution in [0.1, 0.15) is 20.8 Å². The molecule has 106 valence electrons. The molecule has 0 atom stereocenters. The maximum absolute atomic E-state index is 12.1. The second kappa shape index (κ2) is 4.84. The van der Waals surface area contributed by atoms with Crippen molar-refractivity contribution in [2.45, 2.75) is 26.4 Å². The zero-order valence-electron chi connectivity index (χ0n) is 11.5. The predicted octanol–water partition coefficient (Wildman–Crippen LogP) is 1.40. The summed E-state index contributed by atoms with van der Waals surface area (Å²) in [5.74, 6) is 0. The molecule has 0 bridgehead atoms. The lowest BCUT2D eigenvalue weighted by atomic mass is 10.2. The normalized spacial score (nSPS) is 11.3. The van der Waals surface area contributed by atoms with Gasteiger partial charge in [-0.25, -0.2) is 14.2 Å². The van der Waals surface area contributed by atoms with E-state index in [9.17, 15) is 9.59 Å². The van der Waals surface area contributed by atoms with Gasteiger partial charge < -0.3 is 10.5 Å². The van der Waals surface area contributed by atoms with Crippen molar-refractivity contribution in [1.82, 2.24) is 14.3 Å². The first-order valence-corrected chi connectivity index (χ1v) is 6.04. The van der Waals surface area contributed by atoms with Crippen LogP contribution in [-0.4, -0.2) is 26.0 Å². The van der Waals surface area contributed by atoms with Gasteiger partial charge in [-0.3, -0.25) is 0 Å². The van der Waals surface area contributed by atoms with Gasteiger partial charge in [0.25, 0.3) is 0 Å². The van der Waals surface area contributed by atoms with Crippen LogP contribution in [-0.2, 0) is 4.74 Å². The number of ether oxygens (including phenoxy) is 1. The van der Waals surface area contributed by atoms with Crippen molar-refractivity contribution in [3.05, 3.63) is 41.1 Å². The number of nitrogens with two attached hydrogens (primary N) is 1. The number of nitrogens with zero attached hydrogens (tertiary/aromatic N) is 3. The number of benzene rings is 1. The van der Waals surface area contributed by atoms with Gasteiger partial charge >= 0.3 is 11.8 Å². The highest BCUT2D eigenvalue weighted by Gasteiger charge is 2.21. The molecule has 0 spiro atoms. The molecule has 0 unspecified atom stereocenters. The van der Waals surface area contributed by atoms with Crippen molar-refractivity contribution in [2.24, 2.45) is 0 Å². The van der Waals surface area contributed by atoms with Crippen molar-refractivity contribution >= 4 is 11.8 Å². The first-order chi connectivity index (χ1) is 9.28. The number of hydrogen-bond acceptors (Lipinski definition) is 5. The molecule has 0 aliphatic rings. The molecule has 0 radical (unpaired) electrons. The van der Waals surface area contributed by atoms with Crippen LogP contribution in [0.15, 0.2) is 35.4 Å². The summed E-state index contributed by atoms with van der Waals surface area (Å²) in [4.78, 5) is 23.9. The second-order valence-electron chi connectivity index (χ2n) is 5.27.